The Morgan fingerprint density at radius 3 is 2.85 bits per heavy atom. The van der Waals surface area contributed by atoms with Gasteiger partial charge in [0.1, 0.15) is 0 Å². The first-order valence-electron chi connectivity index (χ1n) is 8.25. The molecule has 0 unspecified atom stereocenters. The van der Waals surface area contributed by atoms with E-state index in [0.717, 1.165) is 0 Å². The molecular formula is C19H19FN4O2. The Balaban J connectivity index is 1.63. The normalized spacial score (nSPS) is 11.8. The summed E-state index contributed by atoms with van der Waals surface area (Å²) in [5.41, 5.74) is 0.662. The van der Waals surface area contributed by atoms with Gasteiger partial charge in [0.2, 0.25) is 11.8 Å². The lowest BCUT2D eigenvalue weighted by Crippen LogP contribution is -2.31. The number of nitrogens with zero attached hydrogens (tertiary/aromatic N) is 3. The number of halogens is 1. The summed E-state index contributed by atoms with van der Waals surface area (Å²) >= 11 is 0. The maximum atomic E-state index is 13.8. The lowest BCUT2D eigenvalue weighted by atomic mass is 10.1. The lowest BCUT2D eigenvalue weighted by Gasteiger charge is -2.14. The van der Waals surface area contributed by atoms with Crippen LogP contribution < -0.4 is 10.1 Å². The molecule has 0 aliphatic carbocycles. The first-order chi connectivity index (χ1) is 12.6. The van der Waals surface area contributed by atoms with Gasteiger partial charge in [0, 0.05) is 30.7 Å². The molecular weight excluding hydrogens is 335 g/mol. The average Bonchev–Trinajstić information content (AvgIpc) is 3.15. The number of aromatic nitrogens is 3. The van der Waals surface area contributed by atoms with E-state index in [1.54, 1.807) is 41.3 Å². The van der Waals surface area contributed by atoms with Gasteiger partial charge in [-0.15, -0.1) is 0 Å². The molecule has 1 amide bonds. The first kappa shape index (κ1) is 17.6. The molecule has 2 heterocycles. The second kappa shape index (κ2) is 8.24. The topological polar surface area (TPSA) is 69.0 Å². The third-order valence-electron chi connectivity index (χ3n) is 3.81. The lowest BCUT2D eigenvalue weighted by molar-refractivity contribution is -0.125. The number of pyridine rings is 1. The van der Waals surface area contributed by atoms with Gasteiger partial charge >= 0.3 is 0 Å². The molecule has 134 valence electrons. The number of nitrogens with one attached hydrogen (secondary N) is 1. The molecule has 0 fully saturated rings. The molecule has 1 aromatic carbocycles. The predicted octanol–water partition coefficient (Wildman–Crippen LogP) is 3.16. The third-order valence-corrected chi connectivity index (χ3v) is 3.81. The molecule has 0 spiro atoms. The van der Waals surface area contributed by atoms with E-state index in [1.165, 1.54) is 12.1 Å². The summed E-state index contributed by atoms with van der Waals surface area (Å²) in [4.78, 5) is 16.4. The van der Waals surface area contributed by atoms with Gasteiger partial charge in [-0.3, -0.25) is 9.48 Å². The van der Waals surface area contributed by atoms with E-state index >= 15 is 0 Å². The molecule has 0 aliphatic heterocycles. The Bertz CT molecular complexity index is 867. The van der Waals surface area contributed by atoms with Gasteiger partial charge in [-0.1, -0.05) is 25.1 Å². The van der Waals surface area contributed by atoms with E-state index in [4.69, 9.17) is 4.74 Å². The molecule has 2 aromatic heterocycles. The first-order valence-corrected chi connectivity index (χ1v) is 8.25. The molecule has 1 atom stereocenters. The van der Waals surface area contributed by atoms with Crippen LogP contribution in [0.1, 0.15) is 12.5 Å². The van der Waals surface area contributed by atoms with Crippen molar-refractivity contribution in [3.05, 3.63) is 72.4 Å². The van der Waals surface area contributed by atoms with E-state index in [1.807, 2.05) is 19.2 Å². The number of hydrogen-bond donors (Lipinski definition) is 1. The average molecular weight is 354 g/mol. The van der Waals surface area contributed by atoms with Crippen molar-refractivity contribution in [3.63, 3.8) is 0 Å². The monoisotopic (exact) mass is 354 g/mol. The van der Waals surface area contributed by atoms with Crippen LogP contribution >= 0.6 is 0 Å². The molecule has 1 N–H and O–H groups in total. The largest absolute Gasteiger partial charge is 0.436 e. The van der Waals surface area contributed by atoms with E-state index in [0.29, 0.717) is 12.1 Å². The highest BCUT2D eigenvalue weighted by Gasteiger charge is 2.15. The molecule has 3 aromatic rings. The number of rotatable bonds is 7. The summed E-state index contributed by atoms with van der Waals surface area (Å²) in [6, 6.07) is 11.4. The van der Waals surface area contributed by atoms with Crippen LogP contribution in [0, 0.1) is 11.7 Å². The summed E-state index contributed by atoms with van der Waals surface area (Å²) in [7, 11) is 0. The van der Waals surface area contributed by atoms with Gasteiger partial charge in [-0.2, -0.15) is 5.10 Å². The smallest absolute Gasteiger partial charge is 0.224 e. The molecule has 0 bridgehead atoms. The van der Waals surface area contributed by atoms with Crippen molar-refractivity contribution in [1.29, 1.82) is 0 Å². The van der Waals surface area contributed by atoms with Gasteiger partial charge < -0.3 is 10.1 Å². The number of ether oxygens (including phenoxy) is 1. The van der Waals surface area contributed by atoms with Crippen LogP contribution in [-0.2, 0) is 17.9 Å². The predicted molar refractivity (Wildman–Crippen MR) is 93.9 cm³/mol. The van der Waals surface area contributed by atoms with Crippen molar-refractivity contribution >= 4 is 5.91 Å². The highest BCUT2D eigenvalue weighted by atomic mass is 19.1. The summed E-state index contributed by atoms with van der Waals surface area (Å²) in [6.45, 7) is 2.56. The molecule has 6 nitrogen and oxygen atoms in total. The Morgan fingerprint density at radius 1 is 1.23 bits per heavy atom. The standard InChI is InChI=1S/C19H19FN4O2/c1-14(13-24-11-5-10-23-24)18(25)22-12-15-6-4-9-21-19(15)26-17-8-3-2-7-16(17)20/h2-11,14H,12-13H2,1H3,(H,22,25)/t14-/m1/s1. The van der Waals surface area contributed by atoms with Gasteiger partial charge in [-0.25, -0.2) is 9.37 Å². The molecule has 0 saturated carbocycles. The van der Waals surface area contributed by atoms with E-state index in [2.05, 4.69) is 15.4 Å². The maximum Gasteiger partial charge on any atom is 0.224 e. The number of carbonyl (C=O) groups is 1. The molecule has 7 heteroatoms. The van der Waals surface area contributed by atoms with Crippen LogP contribution in [0.4, 0.5) is 4.39 Å². The number of hydrogen-bond acceptors (Lipinski definition) is 4. The van der Waals surface area contributed by atoms with Gasteiger partial charge in [-0.05, 0) is 24.3 Å². The summed E-state index contributed by atoms with van der Waals surface area (Å²) in [6.07, 6.45) is 5.04. The fourth-order valence-corrected chi connectivity index (χ4v) is 2.41. The highest BCUT2D eigenvalue weighted by molar-refractivity contribution is 5.78. The Morgan fingerprint density at radius 2 is 2.08 bits per heavy atom. The molecule has 26 heavy (non-hydrogen) atoms. The zero-order valence-corrected chi connectivity index (χ0v) is 14.3. The van der Waals surface area contributed by atoms with Crippen LogP contribution in [0.5, 0.6) is 11.6 Å². The SMILES string of the molecule is C[C@H](Cn1cccn1)C(=O)NCc1cccnc1Oc1ccccc1F. The molecule has 0 saturated heterocycles. The van der Waals surface area contributed by atoms with Crippen LogP contribution in [-0.4, -0.2) is 20.7 Å². The van der Waals surface area contributed by atoms with Crippen LogP contribution in [0.3, 0.4) is 0 Å². The number of amides is 1. The van der Waals surface area contributed by atoms with Crippen LogP contribution in [0.2, 0.25) is 0 Å². The second-order valence-electron chi connectivity index (χ2n) is 5.85. The van der Waals surface area contributed by atoms with Gasteiger partial charge in [0.15, 0.2) is 11.6 Å². The highest BCUT2D eigenvalue weighted by Crippen LogP contribution is 2.25. The van der Waals surface area contributed by atoms with E-state index < -0.39 is 5.82 Å². The minimum atomic E-state index is -0.471. The molecule has 0 aliphatic rings. The zero-order chi connectivity index (χ0) is 18.4. The van der Waals surface area contributed by atoms with Crippen molar-refractivity contribution in [1.82, 2.24) is 20.1 Å². The van der Waals surface area contributed by atoms with E-state index in [9.17, 15) is 9.18 Å². The van der Waals surface area contributed by atoms with Crippen molar-refractivity contribution in [2.75, 3.05) is 0 Å². The molecule has 3 rings (SSSR count). The summed E-state index contributed by atoms with van der Waals surface area (Å²) in [5.74, 6) is -0.479. The number of para-hydroxylation sites is 1. The quantitative estimate of drug-likeness (QED) is 0.708. The van der Waals surface area contributed by atoms with E-state index in [-0.39, 0.29) is 30.0 Å². The van der Waals surface area contributed by atoms with Crippen molar-refractivity contribution in [2.45, 2.75) is 20.0 Å². The second-order valence-corrected chi connectivity index (χ2v) is 5.85. The van der Waals surface area contributed by atoms with Crippen molar-refractivity contribution < 1.29 is 13.9 Å². The Labute approximate surface area is 150 Å². The zero-order valence-electron chi connectivity index (χ0n) is 14.3. The number of carbonyl (C=O) groups excluding carboxylic acids is 1. The van der Waals surface area contributed by atoms with Crippen LogP contribution in [0.15, 0.2) is 61.1 Å². The minimum Gasteiger partial charge on any atom is -0.436 e. The molecule has 0 radical (unpaired) electrons. The number of benzene rings is 1. The fourth-order valence-electron chi connectivity index (χ4n) is 2.41. The summed E-state index contributed by atoms with van der Waals surface area (Å²) < 4.78 is 21.1. The fraction of sp³-hybridized carbons (Fsp3) is 0.211. The van der Waals surface area contributed by atoms with Crippen LogP contribution in [0.25, 0.3) is 0 Å². The van der Waals surface area contributed by atoms with Gasteiger partial charge in [0.25, 0.3) is 0 Å². The summed E-state index contributed by atoms with van der Waals surface area (Å²) in [5, 5.41) is 6.96. The van der Waals surface area contributed by atoms with Gasteiger partial charge in [0.05, 0.1) is 12.5 Å². The minimum absolute atomic E-state index is 0.0887. The van der Waals surface area contributed by atoms with Crippen molar-refractivity contribution in [2.24, 2.45) is 5.92 Å². The third kappa shape index (κ3) is 4.44. The Kier molecular flexibility index (Phi) is 5.58. The maximum absolute atomic E-state index is 13.8. The Hall–Kier alpha value is -3.22. The van der Waals surface area contributed by atoms with Crippen molar-refractivity contribution in [3.8, 4) is 11.6 Å².